The van der Waals surface area contributed by atoms with E-state index in [0.29, 0.717) is 0 Å². The van der Waals surface area contributed by atoms with Gasteiger partial charge in [0.25, 0.3) is 0 Å². The van der Waals surface area contributed by atoms with Gasteiger partial charge in [-0.25, -0.2) is 9.97 Å². The van der Waals surface area contributed by atoms with Crippen LogP contribution in [0.5, 0.6) is 0 Å². The van der Waals surface area contributed by atoms with Crippen LogP contribution in [0.25, 0.3) is 0 Å². The average molecular weight is 222 g/mol. The van der Waals surface area contributed by atoms with Crippen LogP contribution in [0.2, 0.25) is 0 Å². The Morgan fingerprint density at radius 3 is 2.44 bits per heavy atom. The average Bonchev–Trinajstić information content (AvgIpc) is 2.20. The lowest BCUT2D eigenvalue weighted by atomic mass is 10.2. The molecule has 1 aromatic rings. The van der Waals surface area contributed by atoms with Crippen LogP contribution in [0, 0.1) is 13.8 Å². The topological polar surface area (TPSA) is 41.1 Å². The SMILES string of the molecule is CCCNc1nc(CN(C)C)nc(C)c1C. The molecule has 0 amide bonds. The highest BCUT2D eigenvalue weighted by molar-refractivity contribution is 5.45. The highest BCUT2D eigenvalue weighted by Crippen LogP contribution is 2.15. The zero-order valence-electron chi connectivity index (χ0n) is 11.0. The molecule has 90 valence electrons. The van der Waals surface area contributed by atoms with Crippen molar-refractivity contribution in [1.29, 1.82) is 0 Å². The lowest BCUT2D eigenvalue weighted by Crippen LogP contribution is -2.16. The molecule has 0 atom stereocenters. The number of nitrogens with zero attached hydrogens (tertiary/aromatic N) is 3. The van der Waals surface area contributed by atoms with Crippen molar-refractivity contribution >= 4 is 5.82 Å². The number of aryl methyl sites for hydroxylation is 1. The normalized spacial score (nSPS) is 10.9. The summed E-state index contributed by atoms with van der Waals surface area (Å²) in [6.45, 7) is 7.98. The zero-order chi connectivity index (χ0) is 12.1. The first kappa shape index (κ1) is 12.9. The Kier molecular flexibility index (Phi) is 4.68. The third-order valence-corrected chi connectivity index (χ3v) is 2.44. The van der Waals surface area contributed by atoms with Gasteiger partial charge < -0.3 is 10.2 Å². The van der Waals surface area contributed by atoms with Gasteiger partial charge in [0.2, 0.25) is 0 Å². The Hall–Kier alpha value is -1.16. The van der Waals surface area contributed by atoms with Gasteiger partial charge >= 0.3 is 0 Å². The molecule has 0 fully saturated rings. The van der Waals surface area contributed by atoms with Gasteiger partial charge in [-0.1, -0.05) is 6.92 Å². The van der Waals surface area contributed by atoms with Crippen LogP contribution in [0.15, 0.2) is 0 Å². The third kappa shape index (κ3) is 3.45. The van der Waals surface area contributed by atoms with Gasteiger partial charge in [-0.05, 0) is 34.4 Å². The molecule has 0 radical (unpaired) electrons. The molecule has 0 saturated heterocycles. The lowest BCUT2D eigenvalue weighted by molar-refractivity contribution is 0.390. The van der Waals surface area contributed by atoms with Crippen LogP contribution in [-0.2, 0) is 6.54 Å². The number of nitrogens with one attached hydrogen (secondary N) is 1. The van der Waals surface area contributed by atoms with E-state index in [0.717, 1.165) is 42.4 Å². The van der Waals surface area contributed by atoms with Crippen molar-refractivity contribution < 1.29 is 0 Å². The fourth-order valence-corrected chi connectivity index (χ4v) is 1.46. The molecule has 0 aliphatic carbocycles. The maximum atomic E-state index is 4.55. The van der Waals surface area contributed by atoms with Crippen LogP contribution in [0.4, 0.5) is 5.82 Å². The van der Waals surface area contributed by atoms with E-state index in [2.05, 4.69) is 34.0 Å². The van der Waals surface area contributed by atoms with Crippen molar-refractivity contribution in [1.82, 2.24) is 14.9 Å². The molecular weight excluding hydrogens is 200 g/mol. The van der Waals surface area contributed by atoms with Gasteiger partial charge in [-0.2, -0.15) is 0 Å². The predicted octanol–water partition coefficient (Wildman–Crippen LogP) is 1.98. The van der Waals surface area contributed by atoms with Crippen molar-refractivity contribution in [2.24, 2.45) is 0 Å². The Morgan fingerprint density at radius 1 is 1.19 bits per heavy atom. The van der Waals surface area contributed by atoms with Crippen molar-refractivity contribution in [3.05, 3.63) is 17.1 Å². The second-order valence-electron chi connectivity index (χ2n) is 4.36. The molecule has 0 spiro atoms. The second-order valence-corrected chi connectivity index (χ2v) is 4.36. The van der Waals surface area contributed by atoms with Gasteiger partial charge in [0, 0.05) is 17.8 Å². The number of aromatic nitrogens is 2. The Balaban J connectivity index is 2.92. The van der Waals surface area contributed by atoms with E-state index in [1.54, 1.807) is 0 Å². The predicted molar refractivity (Wildman–Crippen MR) is 67.7 cm³/mol. The highest BCUT2D eigenvalue weighted by atomic mass is 15.1. The van der Waals surface area contributed by atoms with Gasteiger partial charge in [-0.15, -0.1) is 0 Å². The maximum absolute atomic E-state index is 4.55. The number of hydrogen-bond donors (Lipinski definition) is 1. The van der Waals surface area contributed by atoms with Gasteiger partial charge in [-0.3, -0.25) is 0 Å². The Morgan fingerprint density at radius 2 is 1.88 bits per heavy atom. The van der Waals surface area contributed by atoms with Crippen molar-refractivity contribution in [3.63, 3.8) is 0 Å². The van der Waals surface area contributed by atoms with Crippen LogP contribution in [-0.4, -0.2) is 35.5 Å². The summed E-state index contributed by atoms with van der Waals surface area (Å²) in [5.41, 5.74) is 2.21. The van der Waals surface area contributed by atoms with Gasteiger partial charge in [0.15, 0.2) is 0 Å². The summed E-state index contributed by atoms with van der Waals surface area (Å²) in [5.74, 6) is 1.86. The molecule has 0 bridgehead atoms. The Labute approximate surface area is 98.1 Å². The standard InChI is InChI=1S/C12H22N4/c1-6-7-13-12-9(2)10(3)14-11(15-12)8-16(4)5/h6-8H2,1-5H3,(H,13,14,15). The summed E-state index contributed by atoms with van der Waals surface area (Å²) < 4.78 is 0. The minimum Gasteiger partial charge on any atom is -0.370 e. The molecule has 0 aliphatic heterocycles. The van der Waals surface area contributed by atoms with E-state index in [-0.39, 0.29) is 0 Å². The molecular formula is C12H22N4. The zero-order valence-corrected chi connectivity index (χ0v) is 11.0. The maximum Gasteiger partial charge on any atom is 0.144 e. The van der Waals surface area contributed by atoms with E-state index in [1.807, 2.05) is 21.0 Å². The summed E-state index contributed by atoms with van der Waals surface area (Å²) in [6.07, 6.45) is 1.10. The Bertz CT molecular complexity index is 347. The fourth-order valence-electron chi connectivity index (χ4n) is 1.46. The summed E-state index contributed by atoms with van der Waals surface area (Å²) in [4.78, 5) is 11.1. The first-order valence-electron chi connectivity index (χ1n) is 5.77. The van der Waals surface area contributed by atoms with E-state index in [9.17, 15) is 0 Å². The number of anilines is 1. The minimum absolute atomic E-state index is 0.780. The molecule has 0 unspecified atom stereocenters. The summed E-state index contributed by atoms with van der Waals surface area (Å²) in [7, 11) is 4.05. The fraction of sp³-hybridized carbons (Fsp3) is 0.667. The third-order valence-electron chi connectivity index (χ3n) is 2.44. The van der Waals surface area contributed by atoms with E-state index >= 15 is 0 Å². The molecule has 1 N–H and O–H groups in total. The summed E-state index contributed by atoms with van der Waals surface area (Å²) >= 11 is 0. The molecule has 16 heavy (non-hydrogen) atoms. The van der Waals surface area contributed by atoms with E-state index < -0.39 is 0 Å². The number of rotatable bonds is 5. The molecule has 0 saturated carbocycles. The smallest absolute Gasteiger partial charge is 0.144 e. The largest absolute Gasteiger partial charge is 0.370 e. The first-order valence-corrected chi connectivity index (χ1v) is 5.77. The van der Waals surface area contributed by atoms with Crippen LogP contribution in [0.1, 0.15) is 30.4 Å². The molecule has 1 aromatic heterocycles. The van der Waals surface area contributed by atoms with Gasteiger partial charge in [0.05, 0.1) is 6.54 Å². The van der Waals surface area contributed by atoms with E-state index in [1.165, 1.54) is 0 Å². The van der Waals surface area contributed by atoms with E-state index in [4.69, 9.17) is 0 Å². The monoisotopic (exact) mass is 222 g/mol. The van der Waals surface area contributed by atoms with Crippen molar-refractivity contribution in [2.45, 2.75) is 33.7 Å². The quantitative estimate of drug-likeness (QED) is 0.827. The van der Waals surface area contributed by atoms with Crippen LogP contribution >= 0.6 is 0 Å². The minimum atomic E-state index is 0.780. The van der Waals surface area contributed by atoms with Crippen LogP contribution in [0.3, 0.4) is 0 Å². The summed E-state index contributed by atoms with van der Waals surface area (Å²) in [6, 6.07) is 0. The second kappa shape index (κ2) is 5.80. The first-order chi connectivity index (χ1) is 7.54. The van der Waals surface area contributed by atoms with Crippen molar-refractivity contribution in [2.75, 3.05) is 26.0 Å². The molecule has 1 heterocycles. The van der Waals surface area contributed by atoms with Crippen LogP contribution < -0.4 is 5.32 Å². The molecule has 0 aromatic carbocycles. The summed E-state index contributed by atoms with van der Waals surface area (Å²) in [5, 5.41) is 3.35. The highest BCUT2D eigenvalue weighted by Gasteiger charge is 2.07. The number of hydrogen-bond acceptors (Lipinski definition) is 4. The molecule has 0 aliphatic rings. The lowest BCUT2D eigenvalue weighted by Gasteiger charge is -2.14. The van der Waals surface area contributed by atoms with Crippen molar-refractivity contribution in [3.8, 4) is 0 Å². The molecule has 1 rings (SSSR count). The molecule has 4 nitrogen and oxygen atoms in total. The van der Waals surface area contributed by atoms with Gasteiger partial charge in [0.1, 0.15) is 11.6 Å². The molecule has 4 heteroatoms.